The molecule has 1 aliphatic heterocycles. The summed E-state index contributed by atoms with van der Waals surface area (Å²) in [5.74, 6) is -0.279. The predicted molar refractivity (Wildman–Crippen MR) is 82.4 cm³/mol. The number of rotatable bonds is 1. The molecule has 2 aromatic rings. The van der Waals surface area contributed by atoms with Crippen molar-refractivity contribution in [2.24, 2.45) is 0 Å². The molecule has 3 nitrogen and oxygen atoms in total. The van der Waals surface area contributed by atoms with E-state index in [2.05, 4.69) is 0 Å². The monoisotopic (exact) mass is 307 g/mol. The number of fused-ring (bicyclic) bond motifs is 1. The highest BCUT2D eigenvalue weighted by molar-refractivity contribution is 7.21. The van der Waals surface area contributed by atoms with Crippen molar-refractivity contribution in [2.45, 2.75) is 33.0 Å². The SMILES string of the molecule is Cc1c(C(=O)N2CC(C)OC(C)C2)sc2cccc(F)c12. The predicted octanol–water partition coefficient (Wildman–Crippen LogP) is 3.60. The van der Waals surface area contributed by atoms with Crippen LogP contribution in [0.3, 0.4) is 0 Å². The third kappa shape index (κ3) is 2.56. The van der Waals surface area contributed by atoms with Crippen LogP contribution >= 0.6 is 11.3 Å². The van der Waals surface area contributed by atoms with Gasteiger partial charge in [-0.15, -0.1) is 11.3 Å². The molecular weight excluding hydrogens is 289 g/mol. The van der Waals surface area contributed by atoms with Gasteiger partial charge in [0.05, 0.1) is 17.1 Å². The number of thiophene rings is 1. The third-order valence-electron chi connectivity index (χ3n) is 3.80. The molecule has 0 N–H and O–H groups in total. The van der Waals surface area contributed by atoms with Gasteiger partial charge < -0.3 is 9.64 Å². The van der Waals surface area contributed by atoms with E-state index < -0.39 is 0 Å². The lowest BCUT2D eigenvalue weighted by Gasteiger charge is -2.35. The van der Waals surface area contributed by atoms with Crippen molar-refractivity contribution in [3.63, 3.8) is 0 Å². The van der Waals surface area contributed by atoms with Crippen molar-refractivity contribution in [3.05, 3.63) is 34.5 Å². The van der Waals surface area contributed by atoms with E-state index in [1.807, 2.05) is 31.7 Å². The van der Waals surface area contributed by atoms with Gasteiger partial charge in [-0.3, -0.25) is 4.79 Å². The van der Waals surface area contributed by atoms with E-state index in [1.165, 1.54) is 17.4 Å². The van der Waals surface area contributed by atoms with Gasteiger partial charge in [-0.1, -0.05) is 6.07 Å². The fourth-order valence-corrected chi connectivity index (χ4v) is 4.14. The van der Waals surface area contributed by atoms with Crippen molar-refractivity contribution in [2.75, 3.05) is 13.1 Å². The van der Waals surface area contributed by atoms with Crippen LogP contribution in [0.5, 0.6) is 0 Å². The molecule has 0 saturated carbocycles. The maximum atomic E-state index is 14.0. The number of halogens is 1. The Hall–Kier alpha value is -1.46. The van der Waals surface area contributed by atoms with Gasteiger partial charge in [-0.2, -0.15) is 0 Å². The van der Waals surface area contributed by atoms with E-state index in [0.717, 1.165) is 10.3 Å². The van der Waals surface area contributed by atoms with Gasteiger partial charge in [0.2, 0.25) is 0 Å². The summed E-state index contributed by atoms with van der Waals surface area (Å²) in [5.41, 5.74) is 0.741. The molecule has 1 fully saturated rings. The Balaban J connectivity index is 1.98. The first-order chi connectivity index (χ1) is 9.97. The number of nitrogens with zero attached hydrogens (tertiary/aromatic N) is 1. The second kappa shape index (κ2) is 5.39. The third-order valence-corrected chi connectivity index (χ3v) is 5.05. The molecule has 2 heterocycles. The van der Waals surface area contributed by atoms with Crippen LogP contribution in [0.1, 0.15) is 29.1 Å². The average molecular weight is 307 g/mol. The first-order valence-electron chi connectivity index (χ1n) is 7.09. The lowest BCUT2D eigenvalue weighted by molar-refractivity contribution is -0.0585. The number of morpholine rings is 1. The molecule has 2 atom stereocenters. The Kier molecular flexibility index (Phi) is 3.71. The lowest BCUT2D eigenvalue weighted by atomic mass is 10.1. The molecule has 0 bridgehead atoms. The molecule has 1 aromatic carbocycles. The quantitative estimate of drug-likeness (QED) is 0.805. The summed E-state index contributed by atoms with van der Waals surface area (Å²) in [6.07, 6.45) is 0.0632. The van der Waals surface area contributed by atoms with Gasteiger partial charge in [0.1, 0.15) is 5.82 Å². The number of carbonyl (C=O) groups is 1. The van der Waals surface area contributed by atoms with E-state index in [9.17, 15) is 9.18 Å². The first-order valence-corrected chi connectivity index (χ1v) is 7.91. The van der Waals surface area contributed by atoms with Gasteiger partial charge in [0.25, 0.3) is 5.91 Å². The van der Waals surface area contributed by atoms with Crippen molar-refractivity contribution in [3.8, 4) is 0 Å². The number of benzene rings is 1. The van der Waals surface area contributed by atoms with Crippen LogP contribution in [0.25, 0.3) is 10.1 Å². The zero-order valence-corrected chi connectivity index (χ0v) is 13.2. The number of hydrogen-bond acceptors (Lipinski definition) is 3. The zero-order valence-electron chi connectivity index (χ0n) is 12.4. The highest BCUT2D eigenvalue weighted by atomic mass is 32.1. The summed E-state index contributed by atoms with van der Waals surface area (Å²) >= 11 is 1.37. The second-order valence-electron chi connectivity index (χ2n) is 5.64. The minimum Gasteiger partial charge on any atom is -0.372 e. The Morgan fingerprint density at radius 3 is 2.62 bits per heavy atom. The highest BCUT2D eigenvalue weighted by Crippen LogP contribution is 2.33. The van der Waals surface area contributed by atoms with Gasteiger partial charge >= 0.3 is 0 Å². The van der Waals surface area contributed by atoms with Crippen LogP contribution in [-0.4, -0.2) is 36.1 Å². The summed E-state index contributed by atoms with van der Waals surface area (Å²) in [7, 11) is 0. The van der Waals surface area contributed by atoms with Crippen LogP contribution in [0, 0.1) is 12.7 Å². The largest absolute Gasteiger partial charge is 0.372 e. The van der Waals surface area contributed by atoms with Crippen LogP contribution < -0.4 is 0 Å². The van der Waals surface area contributed by atoms with E-state index in [1.54, 1.807) is 6.07 Å². The highest BCUT2D eigenvalue weighted by Gasteiger charge is 2.29. The molecule has 21 heavy (non-hydrogen) atoms. The Labute approximate surface area is 127 Å². The topological polar surface area (TPSA) is 29.5 Å². The van der Waals surface area contributed by atoms with Crippen LogP contribution in [0.4, 0.5) is 4.39 Å². The summed E-state index contributed by atoms with van der Waals surface area (Å²) in [5, 5.41) is 0.570. The van der Waals surface area contributed by atoms with Crippen LogP contribution in [-0.2, 0) is 4.74 Å². The number of hydrogen-bond donors (Lipinski definition) is 0. The second-order valence-corrected chi connectivity index (χ2v) is 6.69. The van der Waals surface area contributed by atoms with E-state index >= 15 is 0 Å². The molecule has 3 rings (SSSR count). The van der Waals surface area contributed by atoms with Crippen molar-refractivity contribution in [1.29, 1.82) is 0 Å². The smallest absolute Gasteiger partial charge is 0.264 e. The van der Waals surface area contributed by atoms with E-state index in [4.69, 9.17) is 4.74 Å². The molecule has 1 saturated heterocycles. The van der Waals surface area contributed by atoms with Gasteiger partial charge in [-0.05, 0) is 38.5 Å². The normalized spacial score (nSPS) is 22.8. The van der Waals surface area contributed by atoms with Gasteiger partial charge in [-0.25, -0.2) is 4.39 Å². The molecule has 2 unspecified atom stereocenters. The average Bonchev–Trinajstić information content (AvgIpc) is 2.75. The molecule has 1 aliphatic rings. The number of aryl methyl sites for hydroxylation is 1. The minimum atomic E-state index is -0.260. The molecule has 0 aliphatic carbocycles. The Bertz CT molecular complexity index is 687. The number of amides is 1. The standard InChI is InChI=1S/C16H18FNO2S/c1-9-7-18(8-10(2)20-9)16(19)15-11(3)14-12(17)5-4-6-13(14)21-15/h4-6,9-10H,7-8H2,1-3H3. The molecule has 1 aromatic heterocycles. The van der Waals surface area contributed by atoms with Crippen molar-refractivity contribution < 1.29 is 13.9 Å². The summed E-state index contributed by atoms with van der Waals surface area (Å²) in [6, 6.07) is 4.98. The molecule has 5 heteroatoms. The first kappa shape index (κ1) is 14.5. The van der Waals surface area contributed by atoms with Crippen molar-refractivity contribution in [1.82, 2.24) is 4.90 Å². The van der Waals surface area contributed by atoms with Gasteiger partial charge in [0.15, 0.2) is 0 Å². The minimum absolute atomic E-state index is 0.0184. The van der Waals surface area contributed by atoms with E-state index in [0.29, 0.717) is 23.4 Å². The Morgan fingerprint density at radius 2 is 2.00 bits per heavy atom. The molecular formula is C16H18FNO2S. The number of ether oxygens (including phenoxy) is 1. The van der Waals surface area contributed by atoms with E-state index in [-0.39, 0.29) is 23.9 Å². The maximum Gasteiger partial charge on any atom is 0.264 e. The molecule has 112 valence electrons. The Morgan fingerprint density at radius 1 is 1.33 bits per heavy atom. The number of carbonyl (C=O) groups excluding carboxylic acids is 1. The molecule has 0 radical (unpaired) electrons. The van der Waals surface area contributed by atoms with Crippen LogP contribution in [0.15, 0.2) is 18.2 Å². The lowest BCUT2D eigenvalue weighted by Crippen LogP contribution is -2.48. The molecule has 1 amide bonds. The summed E-state index contributed by atoms with van der Waals surface area (Å²) in [4.78, 5) is 15.2. The summed E-state index contributed by atoms with van der Waals surface area (Å²) < 4.78 is 20.4. The van der Waals surface area contributed by atoms with Gasteiger partial charge in [0, 0.05) is 23.2 Å². The maximum absolute atomic E-state index is 14.0. The van der Waals surface area contributed by atoms with Crippen LogP contribution in [0.2, 0.25) is 0 Å². The fourth-order valence-electron chi connectivity index (χ4n) is 2.94. The zero-order chi connectivity index (χ0) is 15.1. The fraction of sp³-hybridized carbons (Fsp3) is 0.438. The van der Waals surface area contributed by atoms with Crippen molar-refractivity contribution >= 4 is 27.3 Å². The molecule has 0 spiro atoms. The summed E-state index contributed by atoms with van der Waals surface area (Å²) in [6.45, 7) is 6.92.